The minimum atomic E-state index is 0.774. The highest BCUT2D eigenvalue weighted by molar-refractivity contribution is 5.59. The van der Waals surface area contributed by atoms with Gasteiger partial charge in [-0.1, -0.05) is 0 Å². The summed E-state index contributed by atoms with van der Waals surface area (Å²) in [4.78, 5) is 3.87. The van der Waals surface area contributed by atoms with Gasteiger partial charge in [-0.05, 0) is 30.7 Å². The lowest BCUT2D eigenvalue weighted by atomic mass is 10.1. The van der Waals surface area contributed by atoms with Gasteiger partial charge in [-0.15, -0.1) is 0 Å². The molecule has 0 N–H and O–H groups in total. The normalized spacial score (nSPS) is 10.1. The van der Waals surface area contributed by atoms with Crippen LogP contribution in [-0.2, 0) is 0 Å². The van der Waals surface area contributed by atoms with Gasteiger partial charge in [0.15, 0.2) is 12.2 Å². The van der Waals surface area contributed by atoms with Crippen molar-refractivity contribution in [1.82, 2.24) is 4.98 Å². The standard InChI is InChI=1S/C11H11NO2/c1-8-5-9(3-4-10(8)13-2)11-6-12-7-14-11/h3-7H,1-2H3. The van der Waals surface area contributed by atoms with Gasteiger partial charge in [-0.3, -0.25) is 0 Å². The Bertz CT molecular complexity index is 421. The van der Waals surface area contributed by atoms with Crippen LogP contribution in [0.1, 0.15) is 5.56 Å². The zero-order chi connectivity index (χ0) is 9.97. The summed E-state index contributed by atoms with van der Waals surface area (Å²) in [6, 6.07) is 5.89. The number of nitrogens with zero attached hydrogens (tertiary/aromatic N) is 1. The molecule has 0 atom stereocenters. The topological polar surface area (TPSA) is 35.3 Å². The average molecular weight is 189 g/mol. The molecular formula is C11H11NO2. The second-order valence-corrected chi connectivity index (χ2v) is 3.05. The first kappa shape index (κ1) is 8.81. The van der Waals surface area contributed by atoms with Crippen molar-refractivity contribution >= 4 is 0 Å². The molecule has 0 saturated carbocycles. The third-order valence-corrected chi connectivity index (χ3v) is 2.11. The summed E-state index contributed by atoms with van der Waals surface area (Å²) in [6.45, 7) is 2.00. The van der Waals surface area contributed by atoms with Crippen molar-refractivity contribution in [2.75, 3.05) is 7.11 Å². The van der Waals surface area contributed by atoms with Gasteiger partial charge in [0.05, 0.1) is 13.3 Å². The zero-order valence-corrected chi connectivity index (χ0v) is 8.15. The molecule has 0 spiro atoms. The fraction of sp³-hybridized carbons (Fsp3) is 0.182. The van der Waals surface area contributed by atoms with E-state index >= 15 is 0 Å². The number of hydrogen-bond acceptors (Lipinski definition) is 3. The molecule has 0 bridgehead atoms. The third-order valence-electron chi connectivity index (χ3n) is 2.11. The van der Waals surface area contributed by atoms with Crippen LogP contribution in [0.15, 0.2) is 35.2 Å². The molecule has 1 heterocycles. The molecule has 3 nitrogen and oxygen atoms in total. The van der Waals surface area contributed by atoms with E-state index in [4.69, 9.17) is 9.15 Å². The number of rotatable bonds is 2. The minimum Gasteiger partial charge on any atom is -0.496 e. The highest BCUT2D eigenvalue weighted by Crippen LogP contribution is 2.25. The zero-order valence-electron chi connectivity index (χ0n) is 8.15. The fourth-order valence-corrected chi connectivity index (χ4v) is 1.39. The van der Waals surface area contributed by atoms with E-state index in [1.165, 1.54) is 6.39 Å². The predicted molar refractivity (Wildman–Crippen MR) is 53.2 cm³/mol. The molecule has 1 aromatic carbocycles. The Labute approximate surface area is 82.3 Å². The third kappa shape index (κ3) is 1.48. The van der Waals surface area contributed by atoms with E-state index in [9.17, 15) is 0 Å². The summed E-state index contributed by atoms with van der Waals surface area (Å²) in [5.41, 5.74) is 2.10. The van der Waals surface area contributed by atoms with Gasteiger partial charge in [0.25, 0.3) is 0 Å². The second kappa shape index (κ2) is 3.54. The van der Waals surface area contributed by atoms with Crippen molar-refractivity contribution in [3.8, 4) is 17.1 Å². The molecule has 0 unspecified atom stereocenters. The number of hydrogen-bond donors (Lipinski definition) is 0. The molecule has 0 fully saturated rings. The van der Waals surface area contributed by atoms with Gasteiger partial charge in [0, 0.05) is 5.56 Å². The molecule has 0 radical (unpaired) electrons. The lowest BCUT2D eigenvalue weighted by Gasteiger charge is -2.04. The van der Waals surface area contributed by atoms with Crippen molar-refractivity contribution in [2.45, 2.75) is 6.92 Å². The second-order valence-electron chi connectivity index (χ2n) is 3.05. The summed E-state index contributed by atoms with van der Waals surface area (Å²) < 4.78 is 10.4. The molecule has 0 amide bonds. The molecule has 0 aliphatic rings. The van der Waals surface area contributed by atoms with Crippen LogP contribution in [0.4, 0.5) is 0 Å². The van der Waals surface area contributed by atoms with E-state index in [0.29, 0.717) is 0 Å². The van der Waals surface area contributed by atoms with E-state index in [1.807, 2.05) is 25.1 Å². The number of aromatic nitrogens is 1. The Kier molecular flexibility index (Phi) is 2.23. The maximum atomic E-state index is 5.20. The Balaban J connectivity index is 2.43. The van der Waals surface area contributed by atoms with Gasteiger partial charge in [-0.2, -0.15) is 0 Å². The summed E-state index contributed by atoms with van der Waals surface area (Å²) >= 11 is 0. The lowest BCUT2D eigenvalue weighted by Crippen LogP contribution is -1.86. The molecular weight excluding hydrogens is 178 g/mol. The number of methoxy groups -OCH3 is 1. The van der Waals surface area contributed by atoms with Crippen LogP contribution < -0.4 is 4.74 Å². The first-order chi connectivity index (χ1) is 6.81. The minimum absolute atomic E-state index is 0.774. The molecule has 14 heavy (non-hydrogen) atoms. The molecule has 3 heteroatoms. The van der Waals surface area contributed by atoms with Crippen molar-refractivity contribution in [1.29, 1.82) is 0 Å². The van der Waals surface area contributed by atoms with Gasteiger partial charge in [0.1, 0.15) is 5.75 Å². The molecule has 0 saturated heterocycles. The van der Waals surface area contributed by atoms with Crippen LogP contribution in [0.3, 0.4) is 0 Å². The SMILES string of the molecule is COc1ccc(-c2cnco2)cc1C. The van der Waals surface area contributed by atoms with Gasteiger partial charge in [0.2, 0.25) is 0 Å². The Morgan fingerprint density at radius 1 is 1.36 bits per heavy atom. The Morgan fingerprint density at radius 3 is 2.79 bits per heavy atom. The lowest BCUT2D eigenvalue weighted by molar-refractivity contribution is 0.411. The summed E-state index contributed by atoms with van der Waals surface area (Å²) in [5, 5.41) is 0. The first-order valence-electron chi connectivity index (χ1n) is 4.35. The van der Waals surface area contributed by atoms with Crippen LogP contribution in [-0.4, -0.2) is 12.1 Å². The summed E-state index contributed by atoms with van der Waals surface area (Å²) in [7, 11) is 1.66. The molecule has 0 aliphatic heterocycles. The van der Waals surface area contributed by atoms with Crippen molar-refractivity contribution in [2.24, 2.45) is 0 Å². The van der Waals surface area contributed by atoms with Crippen LogP contribution in [0, 0.1) is 6.92 Å². The number of benzene rings is 1. The van der Waals surface area contributed by atoms with E-state index in [0.717, 1.165) is 22.6 Å². The number of oxazole rings is 1. The molecule has 2 aromatic rings. The maximum absolute atomic E-state index is 5.20. The highest BCUT2D eigenvalue weighted by atomic mass is 16.5. The Hall–Kier alpha value is -1.77. The smallest absolute Gasteiger partial charge is 0.181 e. The predicted octanol–water partition coefficient (Wildman–Crippen LogP) is 2.66. The van der Waals surface area contributed by atoms with E-state index in [2.05, 4.69) is 4.98 Å². The van der Waals surface area contributed by atoms with E-state index in [1.54, 1.807) is 13.3 Å². The van der Waals surface area contributed by atoms with Crippen LogP contribution >= 0.6 is 0 Å². The molecule has 72 valence electrons. The maximum Gasteiger partial charge on any atom is 0.181 e. The molecule has 2 rings (SSSR count). The average Bonchev–Trinajstić information content (AvgIpc) is 2.70. The van der Waals surface area contributed by atoms with Crippen LogP contribution in [0.25, 0.3) is 11.3 Å². The van der Waals surface area contributed by atoms with Crippen LogP contribution in [0.2, 0.25) is 0 Å². The van der Waals surface area contributed by atoms with Crippen LogP contribution in [0.5, 0.6) is 5.75 Å². The highest BCUT2D eigenvalue weighted by Gasteiger charge is 2.04. The van der Waals surface area contributed by atoms with E-state index < -0.39 is 0 Å². The van der Waals surface area contributed by atoms with Gasteiger partial charge >= 0.3 is 0 Å². The molecule has 0 aliphatic carbocycles. The van der Waals surface area contributed by atoms with Gasteiger partial charge < -0.3 is 9.15 Å². The number of ether oxygens (including phenoxy) is 1. The summed E-state index contributed by atoms with van der Waals surface area (Å²) in [5.74, 6) is 1.66. The largest absolute Gasteiger partial charge is 0.496 e. The van der Waals surface area contributed by atoms with Gasteiger partial charge in [-0.25, -0.2) is 4.98 Å². The first-order valence-corrected chi connectivity index (χ1v) is 4.35. The van der Waals surface area contributed by atoms with E-state index in [-0.39, 0.29) is 0 Å². The quantitative estimate of drug-likeness (QED) is 0.728. The summed E-state index contributed by atoms with van der Waals surface area (Å²) in [6.07, 6.45) is 3.12. The number of aryl methyl sites for hydroxylation is 1. The fourth-order valence-electron chi connectivity index (χ4n) is 1.39. The van der Waals surface area contributed by atoms with Crippen molar-refractivity contribution < 1.29 is 9.15 Å². The van der Waals surface area contributed by atoms with Crippen molar-refractivity contribution in [3.63, 3.8) is 0 Å². The Morgan fingerprint density at radius 2 is 2.21 bits per heavy atom. The monoisotopic (exact) mass is 189 g/mol. The molecule has 1 aromatic heterocycles. The van der Waals surface area contributed by atoms with Crippen molar-refractivity contribution in [3.05, 3.63) is 36.4 Å².